The molecule has 26 heavy (non-hydrogen) atoms. The molecule has 0 fully saturated rings. The Balaban J connectivity index is 1.53. The van der Waals surface area contributed by atoms with Crippen LogP contribution in [0.15, 0.2) is 81.9 Å². The summed E-state index contributed by atoms with van der Waals surface area (Å²) in [5.41, 5.74) is 6.87. The molecule has 0 saturated heterocycles. The van der Waals surface area contributed by atoms with Gasteiger partial charge in [-0.25, -0.2) is 5.43 Å². The fraction of sp³-hybridized carbons (Fsp3) is 0.0500. The molecule has 2 aromatic carbocycles. The van der Waals surface area contributed by atoms with Crippen LogP contribution in [0, 0.1) is 0 Å². The Morgan fingerprint density at radius 3 is 2.73 bits per heavy atom. The van der Waals surface area contributed by atoms with E-state index in [0.29, 0.717) is 5.56 Å². The van der Waals surface area contributed by atoms with E-state index in [1.54, 1.807) is 30.1 Å². The Bertz CT molecular complexity index is 1000. The van der Waals surface area contributed by atoms with Crippen LogP contribution in [0.1, 0.15) is 22.8 Å². The zero-order chi connectivity index (χ0) is 17.9. The fourth-order valence-electron chi connectivity index (χ4n) is 2.62. The number of aromatic nitrogens is 1. The van der Waals surface area contributed by atoms with E-state index in [2.05, 4.69) is 39.0 Å². The highest BCUT2D eigenvalue weighted by Gasteiger charge is 2.16. The first-order chi connectivity index (χ1) is 12.7. The van der Waals surface area contributed by atoms with Gasteiger partial charge in [0.15, 0.2) is 0 Å². The average Bonchev–Trinajstić information content (AvgIpc) is 2.70. The molecule has 0 spiro atoms. The first kappa shape index (κ1) is 16.4. The summed E-state index contributed by atoms with van der Waals surface area (Å²) < 4.78 is 0. The monoisotopic (exact) mass is 360 g/mol. The van der Waals surface area contributed by atoms with Crippen LogP contribution in [0.3, 0.4) is 0 Å². The SMILES string of the molecule is CC(=NNC(=O)c1cccnc1)c1ccc2c(c1)Nc1ccccc1S2. The molecule has 2 N–H and O–H groups in total. The number of pyridine rings is 1. The molecule has 1 aliphatic rings. The Morgan fingerprint density at radius 1 is 1.04 bits per heavy atom. The maximum absolute atomic E-state index is 12.1. The van der Waals surface area contributed by atoms with Crippen LogP contribution in [0.25, 0.3) is 0 Å². The van der Waals surface area contributed by atoms with Crippen molar-refractivity contribution in [3.8, 4) is 0 Å². The number of rotatable bonds is 3. The van der Waals surface area contributed by atoms with Crippen molar-refractivity contribution in [2.24, 2.45) is 5.10 Å². The minimum absolute atomic E-state index is 0.280. The lowest BCUT2D eigenvalue weighted by Gasteiger charge is -2.21. The van der Waals surface area contributed by atoms with E-state index in [9.17, 15) is 4.79 Å². The lowest BCUT2D eigenvalue weighted by molar-refractivity contribution is 0.0954. The molecule has 1 amide bonds. The summed E-state index contributed by atoms with van der Waals surface area (Å²) in [5.74, 6) is -0.280. The number of nitrogens with one attached hydrogen (secondary N) is 2. The number of hydrogen-bond donors (Lipinski definition) is 2. The van der Waals surface area contributed by atoms with Crippen LogP contribution in [0.5, 0.6) is 0 Å². The lowest BCUT2D eigenvalue weighted by atomic mass is 10.1. The highest BCUT2D eigenvalue weighted by atomic mass is 32.2. The maximum atomic E-state index is 12.1. The normalized spacial score (nSPS) is 12.6. The lowest BCUT2D eigenvalue weighted by Crippen LogP contribution is -2.19. The molecule has 5 nitrogen and oxygen atoms in total. The fourth-order valence-corrected chi connectivity index (χ4v) is 3.59. The van der Waals surface area contributed by atoms with Crippen LogP contribution < -0.4 is 10.7 Å². The van der Waals surface area contributed by atoms with Crippen molar-refractivity contribution < 1.29 is 4.79 Å². The Hall–Kier alpha value is -3.12. The third-order valence-electron chi connectivity index (χ3n) is 4.02. The van der Waals surface area contributed by atoms with Gasteiger partial charge in [-0.3, -0.25) is 9.78 Å². The second-order valence-corrected chi connectivity index (χ2v) is 6.90. The highest BCUT2D eigenvalue weighted by Crippen LogP contribution is 2.44. The first-order valence-corrected chi connectivity index (χ1v) is 8.95. The maximum Gasteiger partial charge on any atom is 0.272 e. The quantitative estimate of drug-likeness (QED) is 0.419. The summed E-state index contributed by atoms with van der Waals surface area (Å²) in [6.45, 7) is 1.87. The van der Waals surface area contributed by atoms with Gasteiger partial charge in [-0.2, -0.15) is 5.10 Å². The Morgan fingerprint density at radius 2 is 1.88 bits per heavy atom. The van der Waals surface area contributed by atoms with E-state index in [1.807, 2.05) is 31.2 Å². The number of carbonyl (C=O) groups is 1. The van der Waals surface area contributed by atoms with Gasteiger partial charge in [-0.15, -0.1) is 0 Å². The van der Waals surface area contributed by atoms with E-state index in [0.717, 1.165) is 22.6 Å². The highest BCUT2D eigenvalue weighted by molar-refractivity contribution is 7.99. The van der Waals surface area contributed by atoms with Crippen LogP contribution in [-0.4, -0.2) is 16.6 Å². The molecule has 4 rings (SSSR count). The van der Waals surface area contributed by atoms with E-state index < -0.39 is 0 Å². The summed E-state index contributed by atoms with van der Waals surface area (Å²) in [6, 6.07) is 17.8. The third-order valence-corrected chi connectivity index (χ3v) is 5.17. The zero-order valence-electron chi connectivity index (χ0n) is 14.1. The minimum atomic E-state index is -0.280. The van der Waals surface area contributed by atoms with Crippen molar-refractivity contribution in [3.05, 3.63) is 78.1 Å². The number of fused-ring (bicyclic) bond motifs is 2. The number of hydrogen-bond acceptors (Lipinski definition) is 5. The van der Waals surface area contributed by atoms with Crippen molar-refractivity contribution in [1.82, 2.24) is 10.4 Å². The Labute approximate surface area is 155 Å². The molecule has 0 atom stereocenters. The molecule has 128 valence electrons. The summed E-state index contributed by atoms with van der Waals surface area (Å²) in [5, 5.41) is 7.67. The van der Waals surface area contributed by atoms with E-state index >= 15 is 0 Å². The molecule has 6 heteroatoms. The summed E-state index contributed by atoms with van der Waals surface area (Å²) >= 11 is 1.74. The smallest absolute Gasteiger partial charge is 0.272 e. The van der Waals surface area contributed by atoms with Crippen LogP contribution >= 0.6 is 11.8 Å². The van der Waals surface area contributed by atoms with Crippen molar-refractivity contribution in [2.45, 2.75) is 16.7 Å². The number of carbonyl (C=O) groups excluding carboxylic acids is 1. The largest absolute Gasteiger partial charge is 0.354 e. The van der Waals surface area contributed by atoms with Crippen LogP contribution in [0.2, 0.25) is 0 Å². The van der Waals surface area contributed by atoms with E-state index in [-0.39, 0.29) is 5.91 Å². The number of nitrogens with zero attached hydrogens (tertiary/aromatic N) is 2. The van der Waals surface area contributed by atoms with Gasteiger partial charge in [-0.05, 0) is 48.9 Å². The second kappa shape index (κ2) is 7.01. The molecular weight excluding hydrogens is 344 g/mol. The van der Waals surface area contributed by atoms with E-state index in [1.165, 1.54) is 16.0 Å². The van der Waals surface area contributed by atoms with Gasteiger partial charge in [0, 0.05) is 22.2 Å². The van der Waals surface area contributed by atoms with Crippen molar-refractivity contribution in [2.75, 3.05) is 5.32 Å². The van der Waals surface area contributed by atoms with Gasteiger partial charge < -0.3 is 5.32 Å². The summed E-state index contributed by atoms with van der Waals surface area (Å²) in [7, 11) is 0. The van der Waals surface area contributed by atoms with Crippen molar-refractivity contribution in [3.63, 3.8) is 0 Å². The second-order valence-electron chi connectivity index (χ2n) is 5.81. The third kappa shape index (κ3) is 3.32. The molecule has 1 aromatic heterocycles. The van der Waals surface area contributed by atoms with Crippen LogP contribution in [0.4, 0.5) is 11.4 Å². The number of para-hydroxylation sites is 1. The number of anilines is 2. The number of amides is 1. The van der Waals surface area contributed by atoms with Gasteiger partial charge >= 0.3 is 0 Å². The van der Waals surface area contributed by atoms with Gasteiger partial charge in [-0.1, -0.05) is 30.0 Å². The summed E-state index contributed by atoms with van der Waals surface area (Å²) in [4.78, 5) is 18.4. The minimum Gasteiger partial charge on any atom is -0.354 e. The predicted molar refractivity (Wildman–Crippen MR) is 104 cm³/mol. The molecule has 0 unspecified atom stereocenters. The molecule has 0 radical (unpaired) electrons. The van der Waals surface area contributed by atoms with Crippen molar-refractivity contribution in [1.29, 1.82) is 0 Å². The van der Waals surface area contributed by atoms with Gasteiger partial charge in [0.2, 0.25) is 0 Å². The van der Waals surface area contributed by atoms with Gasteiger partial charge in [0.25, 0.3) is 5.91 Å². The van der Waals surface area contributed by atoms with Crippen molar-refractivity contribution >= 4 is 34.8 Å². The topological polar surface area (TPSA) is 66.4 Å². The van der Waals surface area contributed by atoms with Gasteiger partial charge in [0.1, 0.15) is 0 Å². The molecular formula is C20H16N4OS. The van der Waals surface area contributed by atoms with E-state index in [4.69, 9.17) is 0 Å². The first-order valence-electron chi connectivity index (χ1n) is 8.14. The average molecular weight is 360 g/mol. The van der Waals surface area contributed by atoms with Gasteiger partial charge in [0.05, 0.1) is 22.6 Å². The molecule has 1 aliphatic heterocycles. The molecule has 0 aliphatic carbocycles. The number of benzene rings is 2. The zero-order valence-corrected chi connectivity index (χ0v) is 14.9. The summed E-state index contributed by atoms with van der Waals surface area (Å²) in [6.07, 6.45) is 3.14. The predicted octanol–water partition coefficient (Wildman–Crippen LogP) is 4.44. The standard InChI is InChI=1S/C20H16N4OS/c1-13(23-24-20(25)15-5-4-10-21-12-15)14-8-9-19-17(11-14)22-16-6-2-3-7-18(16)26-19/h2-12,22H,1H3,(H,24,25). The Kier molecular flexibility index (Phi) is 4.41. The number of hydrazone groups is 1. The molecule has 3 aromatic rings. The molecule has 0 saturated carbocycles. The van der Waals surface area contributed by atoms with Crippen LogP contribution in [-0.2, 0) is 0 Å². The molecule has 2 heterocycles. The molecule has 0 bridgehead atoms.